The van der Waals surface area contributed by atoms with Gasteiger partial charge in [0.2, 0.25) is 11.8 Å². The van der Waals surface area contributed by atoms with E-state index in [2.05, 4.69) is 5.32 Å². The minimum Gasteiger partial charge on any atom is -0.369 e. The van der Waals surface area contributed by atoms with Crippen molar-refractivity contribution in [2.75, 3.05) is 6.54 Å². The molecule has 0 heterocycles. The molecule has 1 aliphatic carbocycles. The number of carbonyl (C=O) groups excluding carboxylic acids is 2. The fraction of sp³-hybridized carbons (Fsp3) is 0.833. The first-order chi connectivity index (χ1) is 7.70. The van der Waals surface area contributed by atoms with Gasteiger partial charge in [-0.25, -0.2) is 0 Å². The van der Waals surface area contributed by atoms with Crippen LogP contribution in [0.25, 0.3) is 0 Å². The first-order valence-electron chi connectivity index (χ1n) is 6.04. The molecule has 2 unspecified atom stereocenters. The second-order valence-electron chi connectivity index (χ2n) is 5.85. The van der Waals surface area contributed by atoms with Gasteiger partial charge >= 0.3 is 0 Å². The summed E-state index contributed by atoms with van der Waals surface area (Å²) in [4.78, 5) is 23.2. The summed E-state index contributed by atoms with van der Waals surface area (Å²) in [5.41, 5.74) is 9.98. The summed E-state index contributed by atoms with van der Waals surface area (Å²) in [6.45, 7) is 5.57. The van der Waals surface area contributed by atoms with Crippen molar-refractivity contribution in [3.8, 4) is 0 Å². The number of nitrogens with two attached hydrogens (primary N) is 2. The molecule has 2 atom stereocenters. The van der Waals surface area contributed by atoms with Crippen molar-refractivity contribution in [1.29, 1.82) is 0 Å². The van der Waals surface area contributed by atoms with Crippen molar-refractivity contribution in [1.82, 2.24) is 5.32 Å². The van der Waals surface area contributed by atoms with Crippen LogP contribution in [0.1, 0.15) is 40.0 Å². The summed E-state index contributed by atoms with van der Waals surface area (Å²) in [6.07, 6.45) is 2.66. The molecule has 5 N–H and O–H groups in total. The summed E-state index contributed by atoms with van der Waals surface area (Å²) in [5.74, 6) is -0.490. The van der Waals surface area contributed by atoms with Gasteiger partial charge in [0.15, 0.2) is 0 Å². The van der Waals surface area contributed by atoms with E-state index in [1.807, 2.05) is 6.92 Å². The van der Waals surface area contributed by atoms with E-state index in [0.717, 1.165) is 19.3 Å². The van der Waals surface area contributed by atoms with Crippen LogP contribution in [0, 0.1) is 10.8 Å². The zero-order valence-electron chi connectivity index (χ0n) is 10.9. The third-order valence-corrected chi connectivity index (χ3v) is 3.91. The zero-order chi connectivity index (χ0) is 13.3. The summed E-state index contributed by atoms with van der Waals surface area (Å²) in [5, 5.41) is 2.80. The maximum absolute atomic E-state index is 12.1. The van der Waals surface area contributed by atoms with Crippen LogP contribution >= 0.6 is 0 Å². The SMILES string of the molecule is CC(C)(CNC(=O)C1(C)CCCC1N)C(N)=O. The Labute approximate surface area is 102 Å². The van der Waals surface area contributed by atoms with Crippen molar-refractivity contribution < 1.29 is 9.59 Å². The Kier molecular flexibility index (Phi) is 3.81. The average molecular weight is 241 g/mol. The van der Waals surface area contributed by atoms with E-state index < -0.39 is 16.7 Å². The molecule has 98 valence electrons. The lowest BCUT2D eigenvalue weighted by Crippen LogP contribution is -2.51. The van der Waals surface area contributed by atoms with E-state index in [1.54, 1.807) is 13.8 Å². The molecule has 5 nitrogen and oxygen atoms in total. The predicted molar refractivity (Wildman–Crippen MR) is 65.9 cm³/mol. The van der Waals surface area contributed by atoms with Crippen LogP contribution in [-0.4, -0.2) is 24.4 Å². The summed E-state index contributed by atoms with van der Waals surface area (Å²) in [7, 11) is 0. The van der Waals surface area contributed by atoms with Gasteiger partial charge in [-0.15, -0.1) is 0 Å². The minimum atomic E-state index is -0.727. The molecule has 2 amide bonds. The van der Waals surface area contributed by atoms with Gasteiger partial charge in [0, 0.05) is 12.6 Å². The predicted octanol–water partition coefficient (Wildman–Crippen LogP) is 0.132. The van der Waals surface area contributed by atoms with Crippen LogP contribution in [0.3, 0.4) is 0 Å². The number of hydrogen-bond acceptors (Lipinski definition) is 3. The molecule has 0 aromatic rings. The molecule has 0 aromatic carbocycles. The number of nitrogens with one attached hydrogen (secondary N) is 1. The third kappa shape index (κ3) is 2.77. The molecule has 0 saturated heterocycles. The molecule has 1 saturated carbocycles. The molecular formula is C12H23N3O2. The van der Waals surface area contributed by atoms with Crippen LogP contribution in [0.15, 0.2) is 0 Å². The van der Waals surface area contributed by atoms with Crippen LogP contribution in [0.5, 0.6) is 0 Å². The second-order valence-corrected chi connectivity index (χ2v) is 5.85. The van der Waals surface area contributed by atoms with E-state index in [-0.39, 0.29) is 18.5 Å². The van der Waals surface area contributed by atoms with E-state index >= 15 is 0 Å². The van der Waals surface area contributed by atoms with Crippen molar-refractivity contribution in [2.24, 2.45) is 22.3 Å². The molecule has 0 radical (unpaired) electrons. The molecule has 5 heteroatoms. The standard InChI is InChI=1S/C12H23N3O2/c1-11(2,9(14)16)7-15-10(17)12(3)6-4-5-8(12)13/h8H,4-7,13H2,1-3H3,(H2,14,16)(H,15,17). The highest BCUT2D eigenvalue weighted by atomic mass is 16.2. The summed E-state index contributed by atoms with van der Waals surface area (Å²) >= 11 is 0. The summed E-state index contributed by atoms with van der Waals surface area (Å²) in [6, 6.07) is -0.0980. The molecule has 0 aliphatic heterocycles. The zero-order valence-corrected chi connectivity index (χ0v) is 10.9. The smallest absolute Gasteiger partial charge is 0.227 e. The number of hydrogen-bond donors (Lipinski definition) is 3. The number of primary amides is 1. The van der Waals surface area contributed by atoms with Gasteiger partial charge < -0.3 is 16.8 Å². The Morgan fingerprint density at radius 3 is 2.47 bits per heavy atom. The first-order valence-corrected chi connectivity index (χ1v) is 6.04. The lowest BCUT2D eigenvalue weighted by Gasteiger charge is -2.29. The number of carbonyl (C=O) groups is 2. The normalized spacial score (nSPS) is 29.1. The lowest BCUT2D eigenvalue weighted by molar-refractivity contribution is -0.132. The van der Waals surface area contributed by atoms with Crippen LogP contribution in [0.4, 0.5) is 0 Å². The molecule has 1 aliphatic rings. The van der Waals surface area contributed by atoms with Crippen molar-refractivity contribution >= 4 is 11.8 Å². The maximum atomic E-state index is 12.1. The quantitative estimate of drug-likeness (QED) is 0.652. The van der Waals surface area contributed by atoms with E-state index in [1.165, 1.54) is 0 Å². The van der Waals surface area contributed by atoms with Crippen LogP contribution in [0.2, 0.25) is 0 Å². The Hall–Kier alpha value is -1.10. The fourth-order valence-corrected chi connectivity index (χ4v) is 2.07. The largest absolute Gasteiger partial charge is 0.369 e. The second kappa shape index (κ2) is 4.64. The monoisotopic (exact) mass is 241 g/mol. The molecule has 0 aromatic heterocycles. The highest BCUT2D eigenvalue weighted by Gasteiger charge is 2.43. The Bertz CT molecular complexity index is 328. The molecule has 17 heavy (non-hydrogen) atoms. The minimum absolute atomic E-state index is 0.0724. The maximum Gasteiger partial charge on any atom is 0.227 e. The Morgan fingerprint density at radius 1 is 1.47 bits per heavy atom. The third-order valence-electron chi connectivity index (χ3n) is 3.91. The molecular weight excluding hydrogens is 218 g/mol. The van der Waals surface area contributed by atoms with Gasteiger partial charge in [0.1, 0.15) is 0 Å². The molecule has 0 bridgehead atoms. The van der Waals surface area contributed by atoms with E-state index in [9.17, 15) is 9.59 Å². The highest BCUT2D eigenvalue weighted by molar-refractivity contribution is 5.85. The fourth-order valence-electron chi connectivity index (χ4n) is 2.07. The Morgan fingerprint density at radius 2 is 2.06 bits per heavy atom. The van der Waals surface area contributed by atoms with Crippen LogP contribution in [-0.2, 0) is 9.59 Å². The first kappa shape index (κ1) is 14.0. The lowest BCUT2D eigenvalue weighted by atomic mass is 9.83. The van der Waals surface area contributed by atoms with Gasteiger partial charge in [-0.05, 0) is 33.6 Å². The van der Waals surface area contributed by atoms with Crippen molar-refractivity contribution in [2.45, 2.75) is 46.1 Å². The Balaban J connectivity index is 2.59. The van der Waals surface area contributed by atoms with Crippen molar-refractivity contribution in [3.63, 3.8) is 0 Å². The number of rotatable bonds is 4. The molecule has 0 spiro atoms. The van der Waals surface area contributed by atoms with Gasteiger partial charge in [-0.1, -0.05) is 6.42 Å². The van der Waals surface area contributed by atoms with E-state index in [4.69, 9.17) is 11.5 Å². The highest BCUT2D eigenvalue weighted by Crippen LogP contribution is 2.36. The van der Waals surface area contributed by atoms with Gasteiger partial charge in [-0.3, -0.25) is 9.59 Å². The molecule has 1 rings (SSSR count). The molecule has 1 fully saturated rings. The summed E-state index contributed by atoms with van der Waals surface area (Å²) < 4.78 is 0. The van der Waals surface area contributed by atoms with Gasteiger partial charge in [-0.2, -0.15) is 0 Å². The number of amides is 2. The average Bonchev–Trinajstić information content (AvgIpc) is 2.57. The van der Waals surface area contributed by atoms with Gasteiger partial charge in [0.05, 0.1) is 10.8 Å². The topological polar surface area (TPSA) is 98.2 Å². The van der Waals surface area contributed by atoms with E-state index in [0.29, 0.717) is 0 Å². The van der Waals surface area contributed by atoms with Crippen LogP contribution < -0.4 is 16.8 Å². The van der Waals surface area contributed by atoms with Crippen molar-refractivity contribution in [3.05, 3.63) is 0 Å². The van der Waals surface area contributed by atoms with Gasteiger partial charge in [0.25, 0.3) is 0 Å².